The van der Waals surface area contributed by atoms with Gasteiger partial charge in [-0.3, -0.25) is 0 Å². The third-order valence-corrected chi connectivity index (χ3v) is 8.34. The highest BCUT2D eigenvalue weighted by molar-refractivity contribution is 6.04. The van der Waals surface area contributed by atoms with Gasteiger partial charge in [0, 0.05) is 22.3 Å². The summed E-state index contributed by atoms with van der Waals surface area (Å²) in [4.78, 5) is 0. The van der Waals surface area contributed by atoms with Crippen LogP contribution in [-0.4, -0.2) is 0 Å². The van der Waals surface area contributed by atoms with Gasteiger partial charge in [-0.05, 0) is 92.9 Å². The minimum absolute atomic E-state index is 0.748. The molecule has 0 radical (unpaired) electrons. The molecule has 0 saturated heterocycles. The predicted octanol–water partition coefficient (Wildman–Crippen LogP) is 11.6. The first kappa shape index (κ1) is 27.9. The van der Waals surface area contributed by atoms with Crippen molar-refractivity contribution in [2.24, 2.45) is 5.73 Å². The van der Waals surface area contributed by atoms with Gasteiger partial charge in [0.05, 0.1) is 5.69 Å². The van der Waals surface area contributed by atoms with Gasteiger partial charge >= 0.3 is 0 Å². The SMILES string of the molecule is C/C=C\C=C(/N)c1ccc2c(Nc3ccccc3)c(-c3ccc(-c4ccc5cc(-c6ccccc6)ccc5c4)cc3)ccc2c1. The summed E-state index contributed by atoms with van der Waals surface area (Å²) in [6.45, 7) is 1.99. The second-order valence-electron chi connectivity index (χ2n) is 11.3. The molecule has 0 spiro atoms. The van der Waals surface area contributed by atoms with Gasteiger partial charge in [-0.1, -0.05) is 133 Å². The molecule has 0 aromatic heterocycles. The van der Waals surface area contributed by atoms with E-state index >= 15 is 0 Å². The molecule has 0 fully saturated rings. The molecule has 216 valence electrons. The second kappa shape index (κ2) is 12.4. The fourth-order valence-electron chi connectivity index (χ4n) is 5.92. The Kier molecular flexibility index (Phi) is 7.70. The third-order valence-electron chi connectivity index (χ3n) is 8.34. The van der Waals surface area contributed by atoms with Crippen molar-refractivity contribution in [2.75, 3.05) is 5.32 Å². The average molecular weight is 579 g/mol. The fourth-order valence-corrected chi connectivity index (χ4v) is 5.92. The Morgan fingerprint density at radius 3 is 1.78 bits per heavy atom. The molecule has 7 aromatic rings. The van der Waals surface area contributed by atoms with Gasteiger partial charge in [0.1, 0.15) is 0 Å². The standard InChI is InChI=1S/C43H34N2/c1-2-3-14-42(44)38-24-26-41-37(29-38)23-25-40(43(41)45-39-12-8-5-9-13-39)32-17-15-31(16-18-32)34-20-22-35-27-33(19-21-36(35)28-34)30-10-6-4-7-11-30/h2-29,45H,44H2,1H3/b3-2-,42-14-. The summed E-state index contributed by atoms with van der Waals surface area (Å²) in [6.07, 6.45) is 5.89. The highest BCUT2D eigenvalue weighted by atomic mass is 14.9. The number of benzene rings is 7. The molecule has 45 heavy (non-hydrogen) atoms. The normalized spacial score (nSPS) is 11.8. The molecule has 0 bridgehead atoms. The summed E-state index contributed by atoms with van der Waals surface area (Å²) in [5.41, 5.74) is 17.4. The molecule has 3 N–H and O–H groups in total. The van der Waals surface area contributed by atoms with Gasteiger partial charge in [0.15, 0.2) is 0 Å². The van der Waals surface area contributed by atoms with Crippen molar-refractivity contribution >= 4 is 38.6 Å². The van der Waals surface area contributed by atoms with Crippen LogP contribution in [0, 0.1) is 0 Å². The lowest BCUT2D eigenvalue weighted by Gasteiger charge is -2.17. The molecular weight excluding hydrogens is 544 g/mol. The molecule has 0 atom stereocenters. The van der Waals surface area contributed by atoms with Gasteiger partial charge in [0.2, 0.25) is 0 Å². The van der Waals surface area contributed by atoms with Crippen LogP contribution in [0.15, 0.2) is 170 Å². The number of para-hydroxylation sites is 1. The smallest absolute Gasteiger partial charge is 0.0543 e. The molecule has 0 aliphatic heterocycles. The number of nitrogens with one attached hydrogen (secondary N) is 1. The Labute approximate surface area is 264 Å². The van der Waals surface area contributed by atoms with Crippen LogP contribution in [-0.2, 0) is 0 Å². The minimum atomic E-state index is 0.748. The van der Waals surface area contributed by atoms with Gasteiger partial charge in [0.25, 0.3) is 0 Å². The molecule has 0 saturated carbocycles. The fraction of sp³-hybridized carbons (Fsp3) is 0.0233. The molecule has 2 nitrogen and oxygen atoms in total. The summed E-state index contributed by atoms with van der Waals surface area (Å²) in [6, 6.07) is 54.0. The first-order valence-corrected chi connectivity index (χ1v) is 15.3. The molecule has 2 heteroatoms. The van der Waals surface area contributed by atoms with E-state index in [4.69, 9.17) is 5.73 Å². The molecule has 0 heterocycles. The molecule has 7 aromatic carbocycles. The van der Waals surface area contributed by atoms with Crippen molar-refractivity contribution in [3.05, 3.63) is 175 Å². The number of anilines is 2. The average Bonchev–Trinajstić information content (AvgIpc) is 3.11. The first-order chi connectivity index (χ1) is 22.2. The molecule has 0 unspecified atom stereocenters. The minimum Gasteiger partial charge on any atom is -0.398 e. The Morgan fingerprint density at radius 2 is 1.11 bits per heavy atom. The van der Waals surface area contributed by atoms with E-state index in [0.29, 0.717) is 0 Å². The maximum atomic E-state index is 6.37. The largest absolute Gasteiger partial charge is 0.398 e. The van der Waals surface area contributed by atoms with Crippen LogP contribution < -0.4 is 11.1 Å². The third kappa shape index (κ3) is 5.87. The van der Waals surface area contributed by atoms with Crippen molar-refractivity contribution in [3.63, 3.8) is 0 Å². The predicted molar refractivity (Wildman–Crippen MR) is 194 cm³/mol. The van der Waals surface area contributed by atoms with Crippen molar-refractivity contribution in [3.8, 4) is 33.4 Å². The van der Waals surface area contributed by atoms with E-state index in [1.807, 2.05) is 31.2 Å². The van der Waals surface area contributed by atoms with Crippen LogP contribution in [0.3, 0.4) is 0 Å². The summed E-state index contributed by atoms with van der Waals surface area (Å²) in [7, 11) is 0. The van der Waals surface area contributed by atoms with E-state index in [9.17, 15) is 0 Å². The second-order valence-corrected chi connectivity index (χ2v) is 11.3. The maximum Gasteiger partial charge on any atom is 0.0543 e. The molecule has 0 aliphatic rings. The molecular formula is C43H34N2. The Morgan fingerprint density at radius 1 is 0.533 bits per heavy atom. The summed E-state index contributed by atoms with van der Waals surface area (Å²) in [5.74, 6) is 0. The van der Waals surface area contributed by atoms with Crippen LogP contribution in [0.5, 0.6) is 0 Å². The van der Waals surface area contributed by atoms with E-state index < -0.39 is 0 Å². The Balaban J connectivity index is 1.24. The highest BCUT2D eigenvalue weighted by Gasteiger charge is 2.12. The van der Waals surface area contributed by atoms with Crippen LogP contribution in [0.4, 0.5) is 11.4 Å². The molecule has 0 aliphatic carbocycles. The van der Waals surface area contributed by atoms with Crippen molar-refractivity contribution in [1.82, 2.24) is 0 Å². The summed E-state index contributed by atoms with van der Waals surface area (Å²) < 4.78 is 0. The van der Waals surface area contributed by atoms with Crippen LogP contribution >= 0.6 is 0 Å². The van der Waals surface area contributed by atoms with Gasteiger partial charge in [-0.2, -0.15) is 0 Å². The maximum absolute atomic E-state index is 6.37. The van der Waals surface area contributed by atoms with Gasteiger partial charge in [-0.25, -0.2) is 0 Å². The van der Waals surface area contributed by atoms with E-state index in [1.165, 1.54) is 33.0 Å². The number of allylic oxidation sites excluding steroid dienone is 3. The Hall–Kier alpha value is -5.86. The van der Waals surface area contributed by atoms with E-state index in [0.717, 1.165) is 44.5 Å². The van der Waals surface area contributed by atoms with Crippen molar-refractivity contribution in [1.29, 1.82) is 0 Å². The van der Waals surface area contributed by atoms with Gasteiger partial charge in [-0.15, -0.1) is 0 Å². The number of nitrogens with two attached hydrogens (primary N) is 1. The lowest BCUT2D eigenvalue weighted by atomic mass is 9.94. The van der Waals surface area contributed by atoms with E-state index in [2.05, 4.69) is 151 Å². The number of rotatable bonds is 7. The van der Waals surface area contributed by atoms with Crippen molar-refractivity contribution in [2.45, 2.75) is 6.92 Å². The molecule has 0 amide bonds. The van der Waals surface area contributed by atoms with Crippen molar-refractivity contribution < 1.29 is 0 Å². The Bertz CT molecular complexity index is 2170. The number of fused-ring (bicyclic) bond motifs is 2. The lowest BCUT2D eigenvalue weighted by molar-refractivity contribution is 1.52. The zero-order valence-corrected chi connectivity index (χ0v) is 25.2. The van der Waals surface area contributed by atoms with Crippen LogP contribution in [0.25, 0.3) is 60.6 Å². The topological polar surface area (TPSA) is 38.0 Å². The quantitative estimate of drug-likeness (QED) is 0.185. The van der Waals surface area contributed by atoms with Crippen LogP contribution in [0.2, 0.25) is 0 Å². The first-order valence-electron chi connectivity index (χ1n) is 15.3. The van der Waals surface area contributed by atoms with Crippen LogP contribution in [0.1, 0.15) is 12.5 Å². The lowest BCUT2D eigenvalue weighted by Crippen LogP contribution is -1.98. The summed E-state index contributed by atoms with van der Waals surface area (Å²) in [5, 5.41) is 8.48. The summed E-state index contributed by atoms with van der Waals surface area (Å²) >= 11 is 0. The molecule has 7 rings (SSSR count). The zero-order chi connectivity index (χ0) is 30.6. The van der Waals surface area contributed by atoms with Gasteiger partial charge < -0.3 is 11.1 Å². The highest BCUT2D eigenvalue weighted by Crippen LogP contribution is 2.38. The number of hydrogen-bond acceptors (Lipinski definition) is 2. The monoisotopic (exact) mass is 578 g/mol. The zero-order valence-electron chi connectivity index (χ0n) is 25.2. The van der Waals surface area contributed by atoms with E-state index in [1.54, 1.807) is 0 Å². The van der Waals surface area contributed by atoms with E-state index in [-0.39, 0.29) is 0 Å². The number of hydrogen-bond donors (Lipinski definition) is 2.